The second-order valence-corrected chi connectivity index (χ2v) is 5.48. The summed E-state index contributed by atoms with van der Waals surface area (Å²) in [7, 11) is 0. The number of phenols is 1. The number of nitrogens with one attached hydrogen (secondary N) is 1. The molecule has 1 aromatic heterocycles. The number of nitrogens with zero attached hydrogens (tertiary/aromatic N) is 1. The minimum atomic E-state index is 0.232. The Bertz CT molecular complexity index is 725. The minimum Gasteiger partial charge on any atom is -0.507 e. The topological polar surface area (TPSA) is 45.1 Å². The summed E-state index contributed by atoms with van der Waals surface area (Å²) in [4.78, 5) is 4.47. The average molecular weight is 303 g/mol. The molecule has 100 valence electrons. The van der Waals surface area contributed by atoms with E-state index in [0.717, 1.165) is 22.1 Å². The quantitative estimate of drug-likeness (QED) is 0.722. The summed E-state index contributed by atoms with van der Waals surface area (Å²) in [6, 6.07) is 14.6. The summed E-state index contributed by atoms with van der Waals surface area (Å²) in [5.41, 5.74) is 2.41. The molecule has 3 rings (SSSR count). The van der Waals surface area contributed by atoms with E-state index in [1.54, 1.807) is 12.1 Å². The van der Waals surface area contributed by atoms with Crippen LogP contribution in [0.1, 0.15) is 0 Å². The van der Waals surface area contributed by atoms with Crippen molar-refractivity contribution >= 4 is 33.8 Å². The number of hydrogen-bond acceptors (Lipinski definition) is 4. The van der Waals surface area contributed by atoms with Crippen LogP contribution in [0.3, 0.4) is 0 Å². The first kappa shape index (κ1) is 13.0. The van der Waals surface area contributed by atoms with Crippen LogP contribution in [0.25, 0.3) is 11.3 Å². The van der Waals surface area contributed by atoms with Gasteiger partial charge in [0.05, 0.1) is 5.69 Å². The number of thiazole rings is 1. The lowest BCUT2D eigenvalue weighted by Crippen LogP contribution is -1.89. The fraction of sp³-hybridized carbons (Fsp3) is 0. The van der Waals surface area contributed by atoms with Crippen molar-refractivity contribution in [1.29, 1.82) is 0 Å². The summed E-state index contributed by atoms with van der Waals surface area (Å²) >= 11 is 7.33. The molecular formula is C15H11ClN2OS. The number of halogens is 1. The SMILES string of the molecule is Oc1ccccc1-c1csc(Nc2ccc(Cl)cc2)n1. The predicted octanol–water partition coefficient (Wildman–Crippen LogP) is 4.91. The number of rotatable bonds is 3. The number of aromatic nitrogens is 1. The average Bonchev–Trinajstić information content (AvgIpc) is 2.90. The van der Waals surface area contributed by atoms with Crippen LogP contribution in [-0.2, 0) is 0 Å². The maximum Gasteiger partial charge on any atom is 0.187 e. The van der Waals surface area contributed by atoms with Gasteiger partial charge in [-0.1, -0.05) is 23.7 Å². The van der Waals surface area contributed by atoms with Gasteiger partial charge in [-0.2, -0.15) is 0 Å². The van der Waals surface area contributed by atoms with Crippen LogP contribution in [0.5, 0.6) is 5.75 Å². The Morgan fingerprint density at radius 1 is 1.05 bits per heavy atom. The summed E-state index contributed by atoms with van der Waals surface area (Å²) in [5.74, 6) is 0.232. The molecule has 0 amide bonds. The maximum absolute atomic E-state index is 9.82. The molecule has 0 unspecified atom stereocenters. The van der Waals surface area contributed by atoms with E-state index in [0.29, 0.717) is 5.02 Å². The van der Waals surface area contributed by atoms with Crippen molar-refractivity contribution < 1.29 is 5.11 Å². The van der Waals surface area contributed by atoms with Crippen molar-refractivity contribution in [3.63, 3.8) is 0 Å². The largest absolute Gasteiger partial charge is 0.507 e. The Kier molecular flexibility index (Phi) is 3.58. The Balaban J connectivity index is 1.84. The molecule has 0 aliphatic carbocycles. The van der Waals surface area contributed by atoms with Gasteiger partial charge in [-0.05, 0) is 36.4 Å². The minimum absolute atomic E-state index is 0.232. The molecule has 0 aliphatic rings. The number of aromatic hydroxyl groups is 1. The van der Waals surface area contributed by atoms with Gasteiger partial charge in [-0.15, -0.1) is 11.3 Å². The summed E-state index contributed by atoms with van der Waals surface area (Å²) < 4.78 is 0. The normalized spacial score (nSPS) is 10.4. The van der Waals surface area contributed by atoms with Gasteiger partial charge in [0, 0.05) is 21.7 Å². The van der Waals surface area contributed by atoms with Crippen molar-refractivity contribution in [2.45, 2.75) is 0 Å². The number of anilines is 2. The molecule has 0 saturated heterocycles. The third-order valence-corrected chi connectivity index (χ3v) is 3.79. The molecule has 0 fully saturated rings. The van der Waals surface area contributed by atoms with Gasteiger partial charge in [0.25, 0.3) is 0 Å². The smallest absolute Gasteiger partial charge is 0.187 e. The van der Waals surface area contributed by atoms with E-state index in [9.17, 15) is 5.11 Å². The van der Waals surface area contributed by atoms with Crippen LogP contribution in [0.2, 0.25) is 5.02 Å². The van der Waals surface area contributed by atoms with E-state index < -0.39 is 0 Å². The van der Waals surface area contributed by atoms with Crippen LogP contribution in [0, 0.1) is 0 Å². The molecule has 0 bridgehead atoms. The lowest BCUT2D eigenvalue weighted by Gasteiger charge is -2.02. The summed E-state index contributed by atoms with van der Waals surface area (Å²) in [6.45, 7) is 0. The molecule has 2 N–H and O–H groups in total. The molecule has 2 aromatic carbocycles. The Labute approximate surface area is 125 Å². The molecular weight excluding hydrogens is 292 g/mol. The third kappa shape index (κ3) is 2.76. The Morgan fingerprint density at radius 2 is 1.80 bits per heavy atom. The first-order valence-electron chi connectivity index (χ1n) is 5.99. The molecule has 0 radical (unpaired) electrons. The van der Waals surface area contributed by atoms with E-state index in [4.69, 9.17) is 11.6 Å². The second-order valence-electron chi connectivity index (χ2n) is 4.19. The van der Waals surface area contributed by atoms with Crippen LogP contribution in [0.4, 0.5) is 10.8 Å². The predicted molar refractivity (Wildman–Crippen MR) is 83.9 cm³/mol. The van der Waals surface area contributed by atoms with Gasteiger partial charge < -0.3 is 10.4 Å². The molecule has 0 spiro atoms. The number of phenolic OH excluding ortho intramolecular Hbond substituents is 1. The van der Waals surface area contributed by atoms with Gasteiger partial charge in [-0.3, -0.25) is 0 Å². The van der Waals surface area contributed by atoms with Crippen molar-refractivity contribution in [1.82, 2.24) is 4.98 Å². The fourth-order valence-electron chi connectivity index (χ4n) is 1.80. The van der Waals surface area contributed by atoms with Gasteiger partial charge in [0.2, 0.25) is 0 Å². The monoisotopic (exact) mass is 302 g/mol. The molecule has 5 heteroatoms. The zero-order chi connectivity index (χ0) is 13.9. The van der Waals surface area contributed by atoms with Gasteiger partial charge in [0.15, 0.2) is 5.13 Å². The van der Waals surface area contributed by atoms with E-state index in [2.05, 4.69) is 10.3 Å². The van der Waals surface area contributed by atoms with Crippen molar-refractivity contribution in [3.8, 4) is 17.0 Å². The molecule has 0 aliphatic heterocycles. The van der Waals surface area contributed by atoms with E-state index in [1.807, 2.05) is 41.8 Å². The van der Waals surface area contributed by atoms with Gasteiger partial charge in [0.1, 0.15) is 5.75 Å². The zero-order valence-electron chi connectivity index (χ0n) is 10.4. The Hall–Kier alpha value is -2.04. The van der Waals surface area contributed by atoms with Crippen LogP contribution >= 0.6 is 22.9 Å². The summed E-state index contributed by atoms with van der Waals surface area (Å²) in [5, 5.41) is 16.4. The van der Waals surface area contributed by atoms with Crippen LogP contribution in [0.15, 0.2) is 53.9 Å². The van der Waals surface area contributed by atoms with E-state index in [-0.39, 0.29) is 5.75 Å². The Morgan fingerprint density at radius 3 is 2.55 bits per heavy atom. The van der Waals surface area contributed by atoms with Gasteiger partial charge >= 0.3 is 0 Å². The van der Waals surface area contributed by atoms with Crippen LogP contribution in [-0.4, -0.2) is 10.1 Å². The second kappa shape index (κ2) is 5.53. The van der Waals surface area contributed by atoms with E-state index >= 15 is 0 Å². The highest BCUT2D eigenvalue weighted by Crippen LogP contribution is 2.32. The van der Waals surface area contributed by atoms with E-state index in [1.165, 1.54) is 11.3 Å². The number of para-hydroxylation sites is 1. The van der Waals surface area contributed by atoms with Crippen molar-refractivity contribution in [2.24, 2.45) is 0 Å². The molecule has 0 atom stereocenters. The van der Waals surface area contributed by atoms with Crippen molar-refractivity contribution in [2.75, 3.05) is 5.32 Å². The highest BCUT2D eigenvalue weighted by atomic mass is 35.5. The highest BCUT2D eigenvalue weighted by Gasteiger charge is 2.08. The lowest BCUT2D eigenvalue weighted by atomic mass is 10.1. The molecule has 0 saturated carbocycles. The lowest BCUT2D eigenvalue weighted by molar-refractivity contribution is 0.477. The molecule has 3 aromatic rings. The maximum atomic E-state index is 9.82. The number of hydrogen-bond donors (Lipinski definition) is 2. The highest BCUT2D eigenvalue weighted by molar-refractivity contribution is 7.14. The molecule has 1 heterocycles. The molecule has 20 heavy (non-hydrogen) atoms. The first-order valence-corrected chi connectivity index (χ1v) is 7.24. The standard InChI is InChI=1S/C15H11ClN2OS/c16-10-5-7-11(8-6-10)17-15-18-13(9-20-15)12-3-1-2-4-14(12)19/h1-9,19H,(H,17,18). The van der Waals surface area contributed by atoms with Crippen LogP contribution < -0.4 is 5.32 Å². The third-order valence-electron chi connectivity index (χ3n) is 2.78. The zero-order valence-corrected chi connectivity index (χ0v) is 11.9. The first-order chi connectivity index (χ1) is 9.72. The van der Waals surface area contributed by atoms with Crippen molar-refractivity contribution in [3.05, 3.63) is 58.9 Å². The summed E-state index contributed by atoms with van der Waals surface area (Å²) in [6.07, 6.45) is 0. The number of benzene rings is 2. The molecule has 3 nitrogen and oxygen atoms in total. The fourth-order valence-corrected chi connectivity index (χ4v) is 2.66. The van der Waals surface area contributed by atoms with Gasteiger partial charge in [-0.25, -0.2) is 4.98 Å².